The molecule has 116 valence electrons. The molecule has 0 radical (unpaired) electrons. The fraction of sp³-hybridized carbons (Fsp3) is 0.533. The Morgan fingerprint density at radius 1 is 1.24 bits per heavy atom. The van der Waals surface area contributed by atoms with Gasteiger partial charge in [-0.3, -0.25) is 4.79 Å². The van der Waals surface area contributed by atoms with E-state index in [9.17, 15) is 13.2 Å². The number of sulfonamides is 1. The van der Waals surface area contributed by atoms with Crippen LogP contribution in [-0.4, -0.2) is 26.4 Å². The van der Waals surface area contributed by atoms with Crippen LogP contribution in [0.4, 0.5) is 0 Å². The molecule has 0 unspecified atom stereocenters. The second-order valence-corrected chi connectivity index (χ2v) is 7.62. The zero-order valence-corrected chi connectivity index (χ0v) is 13.4. The van der Waals surface area contributed by atoms with Crippen LogP contribution in [0.15, 0.2) is 29.2 Å². The molecular weight excluding hydrogens is 288 g/mol. The first-order valence-electron chi connectivity index (χ1n) is 7.23. The Balaban J connectivity index is 2.15. The smallest absolute Gasteiger partial charge is 0.251 e. The van der Waals surface area contributed by atoms with Gasteiger partial charge in [0.1, 0.15) is 0 Å². The molecule has 1 atom stereocenters. The SMILES string of the molecule is CC(C)NS(=O)(=O)c1cccc(C(=O)N[C@H](C)C2CC2)c1. The van der Waals surface area contributed by atoms with Gasteiger partial charge in [0.25, 0.3) is 5.91 Å². The quantitative estimate of drug-likeness (QED) is 0.842. The van der Waals surface area contributed by atoms with E-state index >= 15 is 0 Å². The summed E-state index contributed by atoms with van der Waals surface area (Å²) in [5.74, 6) is 0.333. The highest BCUT2D eigenvalue weighted by Gasteiger charge is 2.29. The third kappa shape index (κ3) is 4.28. The Labute approximate surface area is 126 Å². The van der Waals surface area contributed by atoms with Crippen LogP contribution < -0.4 is 10.0 Å². The molecule has 1 aliphatic rings. The lowest BCUT2D eigenvalue weighted by Crippen LogP contribution is -2.34. The summed E-state index contributed by atoms with van der Waals surface area (Å²) < 4.78 is 26.7. The predicted molar refractivity (Wildman–Crippen MR) is 81.6 cm³/mol. The van der Waals surface area contributed by atoms with Gasteiger partial charge in [0.15, 0.2) is 0 Å². The van der Waals surface area contributed by atoms with Crippen LogP contribution in [0.3, 0.4) is 0 Å². The minimum Gasteiger partial charge on any atom is -0.349 e. The van der Waals surface area contributed by atoms with Crippen molar-refractivity contribution in [3.63, 3.8) is 0 Å². The maximum Gasteiger partial charge on any atom is 0.251 e. The van der Waals surface area contributed by atoms with Gasteiger partial charge in [0, 0.05) is 17.6 Å². The molecule has 1 saturated carbocycles. The average molecular weight is 310 g/mol. The summed E-state index contributed by atoms with van der Waals surface area (Å²) in [6.45, 7) is 5.49. The summed E-state index contributed by atoms with van der Waals surface area (Å²) in [5, 5.41) is 2.92. The largest absolute Gasteiger partial charge is 0.349 e. The molecule has 21 heavy (non-hydrogen) atoms. The topological polar surface area (TPSA) is 75.3 Å². The summed E-state index contributed by atoms with van der Waals surface area (Å²) in [5.41, 5.74) is 0.370. The van der Waals surface area contributed by atoms with E-state index in [1.807, 2.05) is 6.92 Å². The molecule has 1 aromatic carbocycles. The molecule has 2 rings (SSSR count). The van der Waals surface area contributed by atoms with E-state index in [0.717, 1.165) is 12.8 Å². The number of nitrogens with one attached hydrogen (secondary N) is 2. The van der Waals surface area contributed by atoms with Gasteiger partial charge >= 0.3 is 0 Å². The number of amides is 1. The van der Waals surface area contributed by atoms with Gasteiger partial charge in [-0.15, -0.1) is 0 Å². The lowest BCUT2D eigenvalue weighted by Gasteiger charge is -2.14. The molecule has 0 bridgehead atoms. The van der Waals surface area contributed by atoms with Crippen molar-refractivity contribution in [3.8, 4) is 0 Å². The molecule has 0 heterocycles. The molecule has 0 spiro atoms. The molecule has 1 aromatic rings. The summed E-state index contributed by atoms with van der Waals surface area (Å²) in [4.78, 5) is 12.3. The van der Waals surface area contributed by atoms with E-state index in [4.69, 9.17) is 0 Å². The number of rotatable bonds is 6. The third-order valence-electron chi connectivity index (χ3n) is 3.49. The fourth-order valence-electron chi connectivity index (χ4n) is 2.19. The Hall–Kier alpha value is -1.40. The van der Waals surface area contributed by atoms with Crippen LogP contribution in [0.1, 0.15) is 44.0 Å². The number of benzene rings is 1. The van der Waals surface area contributed by atoms with Crippen molar-refractivity contribution in [1.82, 2.24) is 10.0 Å². The van der Waals surface area contributed by atoms with Crippen molar-refractivity contribution >= 4 is 15.9 Å². The summed E-state index contributed by atoms with van der Waals surface area (Å²) >= 11 is 0. The van der Waals surface area contributed by atoms with Crippen LogP contribution >= 0.6 is 0 Å². The summed E-state index contributed by atoms with van der Waals surface area (Å²) in [6, 6.07) is 6.06. The minimum atomic E-state index is -3.58. The highest BCUT2D eigenvalue weighted by molar-refractivity contribution is 7.89. The van der Waals surface area contributed by atoms with Crippen LogP contribution in [-0.2, 0) is 10.0 Å². The maximum atomic E-state index is 12.2. The van der Waals surface area contributed by atoms with E-state index < -0.39 is 10.0 Å². The molecule has 5 nitrogen and oxygen atoms in total. The van der Waals surface area contributed by atoms with E-state index in [-0.39, 0.29) is 22.9 Å². The van der Waals surface area contributed by atoms with E-state index in [2.05, 4.69) is 10.0 Å². The van der Waals surface area contributed by atoms with Crippen LogP contribution in [0.25, 0.3) is 0 Å². The standard InChI is InChI=1S/C15H22N2O3S/c1-10(2)17-21(19,20)14-6-4-5-13(9-14)15(18)16-11(3)12-7-8-12/h4-6,9-12,17H,7-8H2,1-3H3,(H,16,18)/t11-/m1/s1. The zero-order valence-electron chi connectivity index (χ0n) is 12.6. The Bertz CT molecular complexity index is 622. The minimum absolute atomic E-state index is 0.114. The fourth-order valence-corrected chi connectivity index (χ4v) is 3.48. The number of carbonyl (C=O) groups is 1. The number of hydrogen-bond donors (Lipinski definition) is 2. The number of carbonyl (C=O) groups excluding carboxylic acids is 1. The first-order valence-corrected chi connectivity index (χ1v) is 8.71. The second kappa shape index (κ2) is 6.15. The van der Waals surface area contributed by atoms with Gasteiger partial charge in [0.05, 0.1) is 4.90 Å². The molecule has 0 saturated heterocycles. The molecule has 0 aromatic heterocycles. The Morgan fingerprint density at radius 3 is 2.48 bits per heavy atom. The van der Waals surface area contributed by atoms with Gasteiger partial charge in [-0.25, -0.2) is 13.1 Å². The molecule has 0 aliphatic heterocycles. The molecule has 1 aliphatic carbocycles. The Kier molecular flexibility index (Phi) is 4.68. The molecular formula is C15H22N2O3S. The first kappa shape index (κ1) is 16.0. The van der Waals surface area contributed by atoms with Crippen molar-refractivity contribution < 1.29 is 13.2 Å². The van der Waals surface area contributed by atoms with E-state index in [1.165, 1.54) is 12.1 Å². The van der Waals surface area contributed by atoms with Crippen molar-refractivity contribution in [1.29, 1.82) is 0 Å². The van der Waals surface area contributed by atoms with Crippen molar-refractivity contribution in [2.75, 3.05) is 0 Å². The van der Waals surface area contributed by atoms with Gasteiger partial charge < -0.3 is 5.32 Å². The normalized spacial score (nSPS) is 16.8. The zero-order chi connectivity index (χ0) is 15.6. The summed E-state index contributed by atoms with van der Waals surface area (Å²) in [6.07, 6.45) is 2.29. The van der Waals surface area contributed by atoms with Crippen LogP contribution in [0, 0.1) is 5.92 Å². The number of hydrogen-bond acceptors (Lipinski definition) is 3. The van der Waals surface area contributed by atoms with Gasteiger partial charge in [-0.05, 0) is 57.7 Å². The lowest BCUT2D eigenvalue weighted by atomic mass is 10.1. The first-order chi connectivity index (χ1) is 9.79. The van der Waals surface area contributed by atoms with Crippen molar-refractivity contribution in [3.05, 3.63) is 29.8 Å². The van der Waals surface area contributed by atoms with Gasteiger partial charge in [-0.1, -0.05) is 6.07 Å². The molecule has 1 fully saturated rings. The maximum absolute atomic E-state index is 12.2. The van der Waals surface area contributed by atoms with Crippen LogP contribution in [0.5, 0.6) is 0 Å². The Morgan fingerprint density at radius 2 is 1.90 bits per heavy atom. The second-order valence-electron chi connectivity index (χ2n) is 5.90. The van der Waals surface area contributed by atoms with E-state index in [1.54, 1.807) is 26.0 Å². The highest BCUT2D eigenvalue weighted by atomic mass is 32.2. The lowest BCUT2D eigenvalue weighted by molar-refractivity contribution is 0.0935. The molecule has 6 heteroatoms. The average Bonchev–Trinajstić information content (AvgIpc) is 3.21. The molecule has 2 N–H and O–H groups in total. The highest BCUT2D eigenvalue weighted by Crippen LogP contribution is 2.32. The van der Waals surface area contributed by atoms with Crippen LogP contribution in [0.2, 0.25) is 0 Å². The predicted octanol–water partition coefficient (Wildman–Crippen LogP) is 1.90. The van der Waals surface area contributed by atoms with Crippen molar-refractivity contribution in [2.45, 2.75) is 50.6 Å². The monoisotopic (exact) mass is 310 g/mol. The van der Waals surface area contributed by atoms with E-state index in [0.29, 0.717) is 11.5 Å². The van der Waals surface area contributed by atoms with Crippen molar-refractivity contribution in [2.24, 2.45) is 5.92 Å². The third-order valence-corrected chi connectivity index (χ3v) is 5.14. The molecule has 1 amide bonds. The van der Waals surface area contributed by atoms with Gasteiger partial charge in [0.2, 0.25) is 10.0 Å². The van der Waals surface area contributed by atoms with Gasteiger partial charge in [-0.2, -0.15) is 0 Å². The summed E-state index contributed by atoms with van der Waals surface area (Å²) in [7, 11) is -3.58.